The lowest BCUT2D eigenvalue weighted by molar-refractivity contribution is 0.126. The van der Waals surface area contributed by atoms with Gasteiger partial charge in [-0.05, 0) is 55.1 Å². The molecule has 1 aromatic heterocycles. The number of aromatic nitrogens is 2. The molecular weight excluding hydrogens is 260 g/mol. The Hall–Kier alpha value is -1.65. The third kappa shape index (κ3) is 3.34. The van der Waals surface area contributed by atoms with Crippen molar-refractivity contribution in [3.05, 3.63) is 48.3 Å². The van der Waals surface area contributed by atoms with Crippen LogP contribution in [0.4, 0.5) is 0 Å². The maximum absolute atomic E-state index is 5.89. The smallest absolute Gasteiger partial charge is 0.0645 e. The lowest BCUT2D eigenvalue weighted by atomic mass is 9.87. The van der Waals surface area contributed by atoms with Crippen molar-refractivity contribution >= 4 is 0 Å². The lowest BCUT2D eigenvalue weighted by Crippen LogP contribution is -2.42. The summed E-state index contributed by atoms with van der Waals surface area (Å²) in [5.41, 5.74) is 8.35. The SMILES string of the molecule is CC1CCN(Cc2ccc(-n3cccn3)cc2)CC1CN. The first-order valence-corrected chi connectivity index (χ1v) is 7.77. The fourth-order valence-corrected chi connectivity index (χ4v) is 3.11. The van der Waals surface area contributed by atoms with Gasteiger partial charge < -0.3 is 5.73 Å². The molecule has 4 heteroatoms. The summed E-state index contributed by atoms with van der Waals surface area (Å²) in [6.45, 7) is 6.45. The highest BCUT2D eigenvalue weighted by Crippen LogP contribution is 2.23. The maximum atomic E-state index is 5.89. The second-order valence-electron chi connectivity index (χ2n) is 6.11. The Kier molecular flexibility index (Phi) is 4.36. The Morgan fingerprint density at radius 3 is 2.76 bits per heavy atom. The molecule has 2 unspecified atom stereocenters. The zero-order valence-corrected chi connectivity index (χ0v) is 12.7. The van der Waals surface area contributed by atoms with Gasteiger partial charge in [0.1, 0.15) is 0 Å². The topological polar surface area (TPSA) is 47.1 Å². The molecule has 0 saturated carbocycles. The normalized spacial score (nSPS) is 23.3. The van der Waals surface area contributed by atoms with Gasteiger partial charge in [0.05, 0.1) is 5.69 Å². The number of hydrogen-bond donors (Lipinski definition) is 1. The molecule has 0 spiro atoms. The van der Waals surface area contributed by atoms with E-state index in [1.807, 2.05) is 16.9 Å². The van der Waals surface area contributed by atoms with E-state index in [1.165, 1.54) is 18.5 Å². The summed E-state index contributed by atoms with van der Waals surface area (Å²) < 4.78 is 1.89. The largest absolute Gasteiger partial charge is 0.330 e. The van der Waals surface area contributed by atoms with Gasteiger partial charge in [-0.15, -0.1) is 0 Å². The van der Waals surface area contributed by atoms with E-state index in [-0.39, 0.29) is 0 Å². The Morgan fingerprint density at radius 2 is 2.10 bits per heavy atom. The maximum Gasteiger partial charge on any atom is 0.0645 e. The van der Waals surface area contributed by atoms with Crippen molar-refractivity contribution in [2.45, 2.75) is 19.9 Å². The minimum atomic E-state index is 0.641. The minimum Gasteiger partial charge on any atom is -0.330 e. The van der Waals surface area contributed by atoms with Crippen LogP contribution < -0.4 is 5.73 Å². The van der Waals surface area contributed by atoms with Crippen molar-refractivity contribution in [3.63, 3.8) is 0 Å². The molecule has 1 aliphatic heterocycles. The first-order valence-electron chi connectivity index (χ1n) is 7.77. The lowest BCUT2D eigenvalue weighted by Gasteiger charge is -2.36. The van der Waals surface area contributed by atoms with Gasteiger partial charge in [-0.3, -0.25) is 4.90 Å². The number of piperidine rings is 1. The van der Waals surface area contributed by atoms with Crippen molar-refractivity contribution < 1.29 is 0 Å². The molecule has 0 bridgehead atoms. The van der Waals surface area contributed by atoms with Crippen molar-refractivity contribution in [2.24, 2.45) is 17.6 Å². The number of rotatable bonds is 4. The van der Waals surface area contributed by atoms with Gasteiger partial charge in [-0.1, -0.05) is 19.1 Å². The van der Waals surface area contributed by atoms with Crippen LogP contribution in [0.2, 0.25) is 0 Å². The van der Waals surface area contributed by atoms with E-state index in [1.54, 1.807) is 6.20 Å². The molecule has 1 aromatic carbocycles. The second kappa shape index (κ2) is 6.41. The molecule has 0 amide bonds. The molecule has 1 saturated heterocycles. The summed E-state index contributed by atoms with van der Waals surface area (Å²) in [6, 6.07) is 10.6. The molecule has 1 aliphatic rings. The van der Waals surface area contributed by atoms with Crippen LogP contribution in [0.15, 0.2) is 42.7 Å². The monoisotopic (exact) mass is 284 g/mol. The Labute approximate surface area is 126 Å². The zero-order chi connectivity index (χ0) is 14.7. The van der Waals surface area contributed by atoms with Crippen LogP contribution in [-0.2, 0) is 6.54 Å². The summed E-state index contributed by atoms with van der Waals surface area (Å²) in [4.78, 5) is 2.53. The molecule has 21 heavy (non-hydrogen) atoms. The molecule has 112 valence electrons. The van der Waals surface area contributed by atoms with Crippen LogP contribution in [0.5, 0.6) is 0 Å². The van der Waals surface area contributed by atoms with E-state index in [9.17, 15) is 0 Å². The molecule has 1 fully saturated rings. The second-order valence-corrected chi connectivity index (χ2v) is 6.11. The average molecular weight is 284 g/mol. The van der Waals surface area contributed by atoms with Crippen molar-refractivity contribution in [2.75, 3.05) is 19.6 Å². The number of nitrogens with two attached hydrogens (primary N) is 1. The zero-order valence-electron chi connectivity index (χ0n) is 12.7. The van der Waals surface area contributed by atoms with Gasteiger partial charge >= 0.3 is 0 Å². The third-order valence-corrected chi connectivity index (χ3v) is 4.61. The van der Waals surface area contributed by atoms with Crippen LogP contribution in [0, 0.1) is 11.8 Å². The highest BCUT2D eigenvalue weighted by Gasteiger charge is 2.24. The van der Waals surface area contributed by atoms with Gasteiger partial charge in [0.25, 0.3) is 0 Å². The van der Waals surface area contributed by atoms with Gasteiger partial charge in [-0.2, -0.15) is 5.10 Å². The summed E-state index contributed by atoms with van der Waals surface area (Å²) in [7, 11) is 0. The predicted molar refractivity (Wildman–Crippen MR) is 85.2 cm³/mol. The fourth-order valence-electron chi connectivity index (χ4n) is 3.11. The predicted octanol–water partition coefficient (Wildman–Crippen LogP) is 2.29. The van der Waals surface area contributed by atoms with Gasteiger partial charge in [0.2, 0.25) is 0 Å². The van der Waals surface area contributed by atoms with Crippen LogP contribution >= 0.6 is 0 Å². The number of benzene rings is 1. The Morgan fingerprint density at radius 1 is 1.29 bits per heavy atom. The number of nitrogens with zero attached hydrogens (tertiary/aromatic N) is 3. The van der Waals surface area contributed by atoms with Gasteiger partial charge in [0, 0.05) is 25.5 Å². The summed E-state index contributed by atoms with van der Waals surface area (Å²) in [5.74, 6) is 1.40. The molecule has 4 nitrogen and oxygen atoms in total. The van der Waals surface area contributed by atoms with Crippen LogP contribution in [-0.4, -0.2) is 34.3 Å². The van der Waals surface area contributed by atoms with E-state index < -0.39 is 0 Å². The average Bonchev–Trinajstić information content (AvgIpc) is 3.04. The number of hydrogen-bond acceptors (Lipinski definition) is 3. The molecule has 2 heterocycles. The molecule has 2 N–H and O–H groups in total. The molecule has 3 rings (SSSR count). The first-order chi connectivity index (χ1) is 10.3. The van der Waals surface area contributed by atoms with E-state index in [0.717, 1.165) is 31.2 Å². The molecule has 2 atom stereocenters. The molecule has 2 aromatic rings. The molecule has 0 aliphatic carbocycles. The van der Waals surface area contributed by atoms with Crippen LogP contribution in [0.25, 0.3) is 5.69 Å². The van der Waals surface area contributed by atoms with E-state index in [2.05, 4.69) is 41.2 Å². The Bertz CT molecular complexity index is 547. The summed E-state index contributed by atoms with van der Waals surface area (Å²) in [6.07, 6.45) is 5.02. The van der Waals surface area contributed by atoms with Crippen LogP contribution in [0.1, 0.15) is 18.9 Å². The van der Waals surface area contributed by atoms with Crippen molar-refractivity contribution in [1.29, 1.82) is 0 Å². The molecule has 0 radical (unpaired) electrons. The summed E-state index contributed by atoms with van der Waals surface area (Å²) >= 11 is 0. The van der Waals surface area contributed by atoms with E-state index in [0.29, 0.717) is 5.92 Å². The third-order valence-electron chi connectivity index (χ3n) is 4.61. The van der Waals surface area contributed by atoms with Gasteiger partial charge in [-0.25, -0.2) is 4.68 Å². The Balaban J connectivity index is 1.63. The molecular formula is C17H24N4. The summed E-state index contributed by atoms with van der Waals surface area (Å²) in [5, 5.41) is 4.25. The van der Waals surface area contributed by atoms with Crippen molar-refractivity contribution in [3.8, 4) is 5.69 Å². The standard InChI is InChI=1S/C17H24N4/c1-14-7-10-20(13-16(14)11-18)12-15-3-5-17(6-4-15)21-9-2-8-19-21/h2-6,8-9,14,16H,7,10-13,18H2,1H3. The van der Waals surface area contributed by atoms with E-state index >= 15 is 0 Å². The van der Waals surface area contributed by atoms with E-state index in [4.69, 9.17) is 5.73 Å². The van der Waals surface area contributed by atoms with Gasteiger partial charge in [0.15, 0.2) is 0 Å². The minimum absolute atomic E-state index is 0.641. The quantitative estimate of drug-likeness (QED) is 0.937. The van der Waals surface area contributed by atoms with Crippen LogP contribution in [0.3, 0.4) is 0 Å². The van der Waals surface area contributed by atoms with Crippen molar-refractivity contribution in [1.82, 2.24) is 14.7 Å². The number of likely N-dealkylation sites (tertiary alicyclic amines) is 1. The highest BCUT2D eigenvalue weighted by atomic mass is 15.3. The fraction of sp³-hybridized carbons (Fsp3) is 0.471. The first kappa shape index (κ1) is 14.3. The highest BCUT2D eigenvalue weighted by molar-refractivity contribution is 5.33.